The first-order valence-electron chi connectivity index (χ1n) is 6.30. The van der Waals surface area contributed by atoms with Gasteiger partial charge in [0, 0.05) is 32.2 Å². The van der Waals surface area contributed by atoms with Gasteiger partial charge < -0.3 is 5.11 Å². The number of hydrogen-bond acceptors (Lipinski definition) is 3. The Morgan fingerprint density at radius 3 is 2.06 bits per heavy atom. The van der Waals surface area contributed by atoms with E-state index in [1.165, 1.54) is 12.8 Å². The summed E-state index contributed by atoms with van der Waals surface area (Å²) in [7, 11) is 0. The van der Waals surface area contributed by atoms with Gasteiger partial charge in [-0.3, -0.25) is 14.6 Å². The first kappa shape index (κ1) is 11.9. The molecule has 0 bridgehead atoms. The van der Waals surface area contributed by atoms with Crippen LogP contribution in [0.15, 0.2) is 0 Å². The third-order valence-corrected chi connectivity index (χ3v) is 4.13. The SMILES string of the molecule is CC(C(=O)O)N1CCN(C(C)C2CC2)CC1. The monoisotopic (exact) mass is 226 g/mol. The molecule has 0 aromatic rings. The maximum atomic E-state index is 10.9. The minimum atomic E-state index is -0.705. The Labute approximate surface area is 97.2 Å². The molecular weight excluding hydrogens is 204 g/mol. The van der Waals surface area contributed by atoms with Gasteiger partial charge in [0.1, 0.15) is 6.04 Å². The van der Waals surface area contributed by atoms with E-state index in [2.05, 4.69) is 16.7 Å². The topological polar surface area (TPSA) is 43.8 Å². The van der Waals surface area contributed by atoms with Crippen molar-refractivity contribution >= 4 is 5.97 Å². The lowest BCUT2D eigenvalue weighted by Gasteiger charge is -2.39. The van der Waals surface area contributed by atoms with Crippen molar-refractivity contribution in [2.75, 3.05) is 26.2 Å². The summed E-state index contributed by atoms with van der Waals surface area (Å²) in [5.41, 5.74) is 0. The number of rotatable bonds is 4. The van der Waals surface area contributed by atoms with Gasteiger partial charge in [0.2, 0.25) is 0 Å². The molecule has 1 saturated heterocycles. The maximum absolute atomic E-state index is 10.9. The summed E-state index contributed by atoms with van der Waals surface area (Å²) in [6.45, 7) is 7.93. The molecule has 0 amide bonds. The van der Waals surface area contributed by atoms with Crippen LogP contribution in [0.2, 0.25) is 0 Å². The summed E-state index contributed by atoms with van der Waals surface area (Å²) < 4.78 is 0. The largest absolute Gasteiger partial charge is 0.480 e. The molecule has 1 aliphatic heterocycles. The van der Waals surface area contributed by atoms with E-state index < -0.39 is 5.97 Å². The van der Waals surface area contributed by atoms with E-state index in [9.17, 15) is 4.79 Å². The van der Waals surface area contributed by atoms with Gasteiger partial charge in [0.25, 0.3) is 0 Å². The number of carbonyl (C=O) groups is 1. The van der Waals surface area contributed by atoms with Gasteiger partial charge >= 0.3 is 5.97 Å². The molecule has 2 unspecified atom stereocenters. The van der Waals surface area contributed by atoms with E-state index in [1.807, 2.05) is 0 Å². The van der Waals surface area contributed by atoms with Crippen LogP contribution in [0.3, 0.4) is 0 Å². The summed E-state index contributed by atoms with van der Waals surface area (Å²) in [5.74, 6) is 0.201. The van der Waals surface area contributed by atoms with Gasteiger partial charge in [-0.15, -0.1) is 0 Å². The molecule has 4 heteroatoms. The average Bonchev–Trinajstić information content (AvgIpc) is 3.11. The number of carboxylic acids is 1. The van der Waals surface area contributed by atoms with Crippen molar-refractivity contribution in [2.45, 2.75) is 38.8 Å². The highest BCUT2D eigenvalue weighted by Gasteiger charge is 2.34. The lowest BCUT2D eigenvalue weighted by atomic mass is 10.1. The molecule has 1 saturated carbocycles. The van der Waals surface area contributed by atoms with E-state index in [0.29, 0.717) is 6.04 Å². The highest BCUT2D eigenvalue weighted by atomic mass is 16.4. The molecule has 2 atom stereocenters. The number of nitrogens with zero attached hydrogens (tertiary/aromatic N) is 2. The van der Waals surface area contributed by atoms with Crippen LogP contribution in [0.1, 0.15) is 26.7 Å². The summed E-state index contributed by atoms with van der Waals surface area (Å²) in [6, 6.07) is 0.362. The molecule has 1 aliphatic carbocycles. The minimum absolute atomic E-state index is 0.335. The summed E-state index contributed by atoms with van der Waals surface area (Å²) in [4.78, 5) is 15.5. The van der Waals surface area contributed by atoms with Gasteiger partial charge in [-0.2, -0.15) is 0 Å². The molecule has 2 fully saturated rings. The lowest BCUT2D eigenvalue weighted by Crippen LogP contribution is -2.54. The Hall–Kier alpha value is -0.610. The summed E-state index contributed by atoms with van der Waals surface area (Å²) >= 11 is 0. The van der Waals surface area contributed by atoms with Crippen LogP contribution in [0, 0.1) is 5.92 Å². The number of aliphatic carboxylic acids is 1. The zero-order valence-electron chi connectivity index (χ0n) is 10.2. The van der Waals surface area contributed by atoms with E-state index in [0.717, 1.165) is 32.1 Å². The fourth-order valence-electron chi connectivity index (χ4n) is 2.56. The Morgan fingerprint density at radius 2 is 1.62 bits per heavy atom. The van der Waals surface area contributed by atoms with E-state index in [4.69, 9.17) is 5.11 Å². The smallest absolute Gasteiger partial charge is 0.320 e. The second kappa shape index (κ2) is 4.72. The number of piperazine rings is 1. The lowest BCUT2D eigenvalue weighted by molar-refractivity contribution is -0.143. The van der Waals surface area contributed by atoms with Crippen molar-refractivity contribution < 1.29 is 9.90 Å². The van der Waals surface area contributed by atoms with Crippen LogP contribution in [0.4, 0.5) is 0 Å². The van der Waals surface area contributed by atoms with E-state index >= 15 is 0 Å². The molecule has 16 heavy (non-hydrogen) atoms. The second-order valence-corrected chi connectivity index (χ2v) is 5.16. The first-order chi connectivity index (χ1) is 7.59. The predicted octanol–water partition coefficient (Wildman–Crippen LogP) is 0.876. The first-order valence-corrected chi connectivity index (χ1v) is 6.30. The second-order valence-electron chi connectivity index (χ2n) is 5.16. The van der Waals surface area contributed by atoms with Gasteiger partial charge in [0.05, 0.1) is 0 Å². The number of carboxylic acid groups (broad SMARTS) is 1. The van der Waals surface area contributed by atoms with E-state index in [-0.39, 0.29) is 6.04 Å². The highest BCUT2D eigenvalue weighted by Crippen LogP contribution is 2.35. The standard InChI is InChI=1S/C12H22N2O2/c1-9(11-3-4-11)13-5-7-14(8-6-13)10(2)12(15)16/h9-11H,3-8H2,1-2H3,(H,15,16). The van der Waals surface area contributed by atoms with Crippen molar-refractivity contribution in [3.63, 3.8) is 0 Å². The van der Waals surface area contributed by atoms with Crippen LogP contribution in [0.5, 0.6) is 0 Å². The van der Waals surface area contributed by atoms with Gasteiger partial charge in [-0.1, -0.05) is 0 Å². The Kier molecular flexibility index (Phi) is 3.50. The van der Waals surface area contributed by atoms with Crippen molar-refractivity contribution in [1.82, 2.24) is 9.80 Å². The third-order valence-electron chi connectivity index (χ3n) is 4.13. The van der Waals surface area contributed by atoms with Gasteiger partial charge in [0.15, 0.2) is 0 Å². The Balaban J connectivity index is 1.79. The fraction of sp³-hybridized carbons (Fsp3) is 0.917. The molecule has 0 radical (unpaired) electrons. The van der Waals surface area contributed by atoms with E-state index in [1.54, 1.807) is 6.92 Å². The molecule has 4 nitrogen and oxygen atoms in total. The Bertz CT molecular complexity index is 258. The Morgan fingerprint density at radius 1 is 1.12 bits per heavy atom. The quantitative estimate of drug-likeness (QED) is 0.772. The highest BCUT2D eigenvalue weighted by molar-refractivity contribution is 5.72. The molecular formula is C12H22N2O2. The van der Waals surface area contributed by atoms with Crippen molar-refractivity contribution in [3.05, 3.63) is 0 Å². The maximum Gasteiger partial charge on any atom is 0.320 e. The molecule has 1 N–H and O–H groups in total. The van der Waals surface area contributed by atoms with Crippen LogP contribution >= 0.6 is 0 Å². The normalized spacial score (nSPS) is 27.6. The third kappa shape index (κ3) is 2.55. The van der Waals surface area contributed by atoms with Crippen LogP contribution in [-0.2, 0) is 4.79 Å². The van der Waals surface area contributed by atoms with Crippen LogP contribution in [-0.4, -0.2) is 59.1 Å². The summed E-state index contributed by atoms with van der Waals surface area (Å²) in [6.07, 6.45) is 2.76. The predicted molar refractivity (Wildman–Crippen MR) is 62.4 cm³/mol. The molecule has 1 heterocycles. The zero-order valence-corrected chi connectivity index (χ0v) is 10.2. The van der Waals surface area contributed by atoms with Crippen LogP contribution in [0.25, 0.3) is 0 Å². The average molecular weight is 226 g/mol. The van der Waals surface area contributed by atoms with Gasteiger partial charge in [-0.05, 0) is 32.6 Å². The molecule has 92 valence electrons. The van der Waals surface area contributed by atoms with Crippen LogP contribution < -0.4 is 0 Å². The minimum Gasteiger partial charge on any atom is -0.480 e. The van der Waals surface area contributed by atoms with Crippen molar-refractivity contribution in [1.29, 1.82) is 0 Å². The number of hydrogen-bond donors (Lipinski definition) is 1. The van der Waals surface area contributed by atoms with Gasteiger partial charge in [-0.25, -0.2) is 0 Å². The molecule has 2 rings (SSSR count). The van der Waals surface area contributed by atoms with Crippen molar-refractivity contribution in [2.24, 2.45) is 5.92 Å². The molecule has 2 aliphatic rings. The fourth-order valence-corrected chi connectivity index (χ4v) is 2.56. The molecule has 0 aromatic carbocycles. The molecule has 0 aromatic heterocycles. The zero-order chi connectivity index (χ0) is 11.7. The summed E-state index contributed by atoms with van der Waals surface area (Å²) in [5, 5.41) is 8.95. The molecule has 0 spiro atoms. The van der Waals surface area contributed by atoms with Crippen molar-refractivity contribution in [3.8, 4) is 0 Å².